The predicted octanol–water partition coefficient (Wildman–Crippen LogP) is 2.74. The summed E-state index contributed by atoms with van der Waals surface area (Å²) >= 11 is 0. The third-order valence-corrected chi connectivity index (χ3v) is 5.08. The normalized spacial score (nSPS) is 21.2. The zero-order valence-corrected chi connectivity index (χ0v) is 14.7. The van der Waals surface area contributed by atoms with Crippen LogP contribution in [0.2, 0.25) is 0 Å². The fourth-order valence-corrected chi connectivity index (χ4v) is 3.63. The van der Waals surface area contributed by atoms with Crippen molar-refractivity contribution in [3.63, 3.8) is 0 Å². The minimum Gasteiger partial charge on any atom is -0.340 e. The van der Waals surface area contributed by atoms with Crippen LogP contribution in [0.4, 0.5) is 0 Å². The van der Waals surface area contributed by atoms with Gasteiger partial charge >= 0.3 is 0 Å². The number of benzene rings is 1. The number of hydrogen-bond acceptors (Lipinski definition) is 3. The first-order chi connectivity index (χ1) is 11.5. The maximum absolute atomic E-state index is 12.6. The Hall–Kier alpha value is -2.17. The lowest BCUT2D eigenvalue weighted by atomic mass is 9.93. The monoisotopic (exact) mass is 327 g/mol. The average Bonchev–Trinajstić information content (AvgIpc) is 2.54. The second-order valence-corrected chi connectivity index (χ2v) is 7.03. The highest BCUT2D eigenvalue weighted by Gasteiger charge is 2.26. The number of likely N-dealkylation sites (tertiary alicyclic amines) is 1. The number of aromatic nitrogens is 2. The molecule has 2 heterocycles. The number of fused-ring (bicyclic) bond motifs is 1. The van der Waals surface area contributed by atoms with Crippen molar-refractivity contribution in [3.05, 3.63) is 40.4 Å². The van der Waals surface area contributed by atoms with E-state index in [1.807, 2.05) is 24.0 Å². The van der Waals surface area contributed by atoms with Crippen LogP contribution in [0.1, 0.15) is 38.7 Å². The number of nitrogens with zero attached hydrogens (tertiary/aromatic N) is 3. The Labute approximate surface area is 142 Å². The van der Waals surface area contributed by atoms with E-state index in [1.54, 1.807) is 17.0 Å². The molecule has 5 nitrogen and oxygen atoms in total. The smallest absolute Gasteiger partial charge is 0.261 e. The summed E-state index contributed by atoms with van der Waals surface area (Å²) in [7, 11) is 0. The molecule has 1 saturated heterocycles. The molecule has 2 aromatic rings. The molecule has 5 heteroatoms. The highest BCUT2D eigenvalue weighted by atomic mass is 16.2. The molecule has 1 amide bonds. The molecule has 0 radical (unpaired) electrons. The van der Waals surface area contributed by atoms with Gasteiger partial charge in [0.05, 0.1) is 17.2 Å². The third kappa shape index (κ3) is 3.21. The van der Waals surface area contributed by atoms with Crippen LogP contribution in [0.25, 0.3) is 10.9 Å². The molecule has 0 unspecified atom stereocenters. The molecule has 0 N–H and O–H groups in total. The van der Waals surface area contributed by atoms with Crippen molar-refractivity contribution in [2.45, 2.75) is 52.6 Å². The number of piperidine rings is 1. The Morgan fingerprint density at radius 3 is 2.88 bits per heavy atom. The summed E-state index contributed by atoms with van der Waals surface area (Å²) < 4.78 is 1.55. The Bertz CT molecular complexity index is 812. The second-order valence-electron chi connectivity index (χ2n) is 7.03. The van der Waals surface area contributed by atoms with E-state index >= 15 is 0 Å². The highest BCUT2D eigenvalue weighted by molar-refractivity contribution is 5.80. The van der Waals surface area contributed by atoms with E-state index in [1.165, 1.54) is 0 Å². The number of amides is 1. The van der Waals surface area contributed by atoms with Gasteiger partial charge in [0, 0.05) is 25.6 Å². The van der Waals surface area contributed by atoms with Crippen LogP contribution in [0, 0.1) is 12.8 Å². The summed E-state index contributed by atoms with van der Waals surface area (Å²) in [5.74, 6) is 0.810. The van der Waals surface area contributed by atoms with E-state index in [0.717, 1.165) is 30.5 Å². The van der Waals surface area contributed by atoms with E-state index in [9.17, 15) is 9.59 Å². The van der Waals surface area contributed by atoms with E-state index in [-0.39, 0.29) is 17.5 Å². The van der Waals surface area contributed by atoms with Crippen molar-refractivity contribution >= 4 is 16.8 Å². The SMILES string of the molecule is Cc1cccc2c(=O)n(CCC(=O)N3CC[C@H](C)C[C@@H]3C)cnc12. The van der Waals surface area contributed by atoms with Gasteiger partial charge in [-0.05, 0) is 44.2 Å². The Morgan fingerprint density at radius 1 is 1.33 bits per heavy atom. The summed E-state index contributed by atoms with van der Waals surface area (Å²) in [5.41, 5.74) is 1.66. The Kier molecular flexibility index (Phi) is 4.69. The largest absolute Gasteiger partial charge is 0.340 e. The number of hydrogen-bond donors (Lipinski definition) is 0. The fourth-order valence-electron chi connectivity index (χ4n) is 3.63. The first kappa shape index (κ1) is 16.7. The molecule has 0 bridgehead atoms. The van der Waals surface area contributed by atoms with Crippen LogP contribution in [0.3, 0.4) is 0 Å². The van der Waals surface area contributed by atoms with Gasteiger partial charge < -0.3 is 4.90 Å². The number of carbonyl (C=O) groups is 1. The maximum atomic E-state index is 12.6. The molecule has 1 aromatic carbocycles. The first-order valence-electron chi connectivity index (χ1n) is 8.71. The van der Waals surface area contributed by atoms with Gasteiger partial charge in [0.25, 0.3) is 5.56 Å². The van der Waals surface area contributed by atoms with Gasteiger partial charge in [-0.1, -0.05) is 19.1 Å². The van der Waals surface area contributed by atoms with E-state index < -0.39 is 0 Å². The number of para-hydroxylation sites is 1. The van der Waals surface area contributed by atoms with Crippen LogP contribution in [0.15, 0.2) is 29.3 Å². The van der Waals surface area contributed by atoms with Crippen LogP contribution in [-0.2, 0) is 11.3 Å². The average molecular weight is 327 g/mol. The van der Waals surface area contributed by atoms with Gasteiger partial charge in [-0.15, -0.1) is 0 Å². The predicted molar refractivity (Wildman–Crippen MR) is 94.9 cm³/mol. The summed E-state index contributed by atoms with van der Waals surface area (Å²) in [6, 6.07) is 5.90. The van der Waals surface area contributed by atoms with Crippen molar-refractivity contribution in [2.24, 2.45) is 5.92 Å². The van der Waals surface area contributed by atoms with Crippen molar-refractivity contribution in [1.82, 2.24) is 14.5 Å². The molecule has 2 atom stereocenters. The van der Waals surface area contributed by atoms with Crippen molar-refractivity contribution in [1.29, 1.82) is 0 Å². The van der Waals surface area contributed by atoms with Gasteiger partial charge in [0.2, 0.25) is 5.91 Å². The summed E-state index contributed by atoms with van der Waals surface area (Å²) in [6.07, 6.45) is 4.03. The lowest BCUT2D eigenvalue weighted by Crippen LogP contribution is -2.44. The molecule has 0 spiro atoms. The number of carbonyl (C=O) groups excluding carboxylic acids is 1. The first-order valence-corrected chi connectivity index (χ1v) is 8.71. The van der Waals surface area contributed by atoms with Crippen LogP contribution >= 0.6 is 0 Å². The van der Waals surface area contributed by atoms with Gasteiger partial charge in [-0.2, -0.15) is 0 Å². The quantitative estimate of drug-likeness (QED) is 0.871. The van der Waals surface area contributed by atoms with Crippen molar-refractivity contribution in [3.8, 4) is 0 Å². The molecular formula is C19H25N3O2. The minimum atomic E-state index is -0.0724. The molecule has 0 saturated carbocycles. The molecule has 128 valence electrons. The number of aryl methyl sites for hydroxylation is 2. The zero-order chi connectivity index (χ0) is 17.3. The molecule has 24 heavy (non-hydrogen) atoms. The summed E-state index contributed by atoms with van der Waals surface area (Å²) in [4.78, 5) is 31.4. The molecule has 1 aliphatic heterocycles. The van der Waals surface area contributed by atoms with Crippen LogP contribution in [-0.4, -0.2) is 32.9 Å². The molecule has 0 aliphatic carbocycles. The molecule has 1 aromatic heterocycles. The van der Waals surface area contributed by atoms with E-state index in [4.69, 9.17) is 0 Å². The Balaban J connectivity index is 1.73. The lowest BCUT2D eigenvalue weighted by molar-refractivity contribution is -0.135. The van der Waals surface area contributed by atoms with Gasteiger partial charge in [-0.25, -0.2) is 4.98 Å². The molecule has 1 aliphatic rings. The summed E-state index contributed by atoms with van der Waals surface area (Å²) in [6.45, 7) is 7.50. The Morgan fingerprint density at radius 2 is 2.12 bits per heavy atom. The lowest BCUT2D eigenvalue weighted by Gasteiger charge is -2.36. The van der Waals surface area contributed by atoms with Crippen molar-refractivity contribution < 1.29 is 4.79 Å². The molecular weight excluding hydrogens is 302 g/mol. The second kappa shape index (κ2) is 6.75. The van der Waals surface area contributed by atoms with Gasteiger partial charge in [-0.3, -0.25) is 14.2 Å². The fraction of sp³-hybridized carbons (Fsp3) is 0.526. The van der Waals surface area contributed by atoms with Gasteiger partial charge in [0.15, 0.2) is 0 Å². The maximum Gasteiger partial charge on any atom is 0.261 e. The molecule has 1 fully saturated rings. The number of rotatable bonds is 3. The minimum absolute atomic E-state index is 0.0724. The van der Waals surface area contributed by atoms with Crippen molar-refractivity contribution in [2.75, 3.05) is 6.54 Å². The van der Waals surface area contributed by atoms with E-state index in [2.05, 4.69) is 18.8 Å². The third-order valence-electron chi connectivity index (χ3n) is 5.08. The highest BCUT2D eigenvalue weighted by Crippen LogP contribution is 2.22. The van der Waals surface area contributed by atoms with Crippen LogP contribution < -0.4 is 5.56 Å². The standard InChI is InChI=1S/C19H25N3O2/c1-13-7-10-22(15(3)11-13)17(23)8-9-21-12-20-18-14(2)5-4-6-16(18)19(21)24/h4-6,12-13,15H,7-11H2,1-3H3/t13-,15-/m0/s1. The summed E-state index contributed by atoms with van der Waals surface area (Å²) in [5, 5.41) is 0.616. The zero-order valence-electron chi connectivity index (χ0n) is 14.7. The van der Waals surface area contributed by atoms with Gasteiger partial charge in [0.1, 0.15) is 0 Å². The van der Waals surface area contributed by atoms with Crippen LogP contribution in [0.5, 0.6) is 0 Å². The topological polar surface area (TPSA) is 55.2 Å². The molecule has 3 rings (SSSR count). The van der Waals surface area contributed by atoms with E-state index in [0.29, 0.717) is 24.3 Å².